The molecule has 1 aromatic carbocycles. The Labute approximate surface area is 195 Å². The lowest BCUT2D eigenvalue weighted by molar-refractivity contribution is 0.0977. The highest BCUT2D eigenvalue weighted by molar-refractivity contribution is 7.90. The number of guanidine groups is 1. The summed E-state index contributed by atoms with van der Waals surface area (Å²) in [5.41, 5.74) is -0.246. The third-order valence-electron chi connectivity index (χ3n) is 5.30. The van der Waals surface area contributed by atoms with Crippen molar-refractivity contribution in [2.45, 2.75) is 24.6 Å². The monoisotopic (exact) mass is 497 g/mol. The molecule has 0 atom stereocenters. The summed E-state index contributed by atoms with van der Waals surface area (Å²) in [5.74, 6) is -2.65. The van der Waals surface area contributed by atoms with E-state index in [-0.39, 0.29) is 23.5 Å². The van der Waals surface area contributed by atoms with Crippen molar-refractivity contribution < 1.29 is 31.5 Å². The number of rotatable bonds is 7. The van der Waals surface area contributed by atoms with Crippen LogP contribution in [0.4, 0.5) is 14.5 Å². The fourth-order valence-corrected chi connectivity index (χ4v) is 4.85. The molecule has 0 saturated carbocycles. The van der Waals surface area contributed by atoms with Gasteiger partial charge in [0.1, 0.15) is 11.6 Å². The Morgan fingerprint density at radius 3 is 2.62 bits per heavy atom. The number of aromatic nitrogens is 1. The number of carbonyl (C=O) groups is 1. The molecule has 1 aliphatic heterocycles. The number of ether oxygens (including phenoxy) is 2. The van der Waals surface area contributed by atoms with Crippen molar-refractivity contribution in [1.82, 2.24) is 14.6 Å². The van der Waals surface area contributed by atoms with Crippen molar-refractivity contribution in [2.24, 2.45) is 0 Å². The standard InChI is InChI=1S/C21H25F2N5O5S/c1-28(34(30,31)16-5-7-33-8-6-16)21(24)26-11-13-9-14(3-4-17(13)22)27-20(29)19-18(23)10-15(32-2)12-25-19/h3-4,9-10,12,16H,5-8,11H2,1-2H3,(H2,24,26)(H,27,29). The fraction of sp³-hybridized carbons (Fsp3) is 0.381. The second-order valence-corrected chi connectivity index (χ2v) is 9.74. The number of amides is 1. The Bertz CT molecular complexity index is 1170. The summed E-state index contributed by atoms with van der Waals surface area (Å²) in [5, 5.41) is 12.4. The molecule has 13 heteroatoms. The molecular weight excluding hydrogens is 472 g/mol. The van der Waals surface area contributed by atoms with Gasteiger partial charge in [-0.05, 0) is 31.0 Å². The van der Waals surface area contributed by atoms with Gasteiger partial charge >= 0.3 is 0 Å². The Morgan fingerprint density at radius 1 is 1.26 bits per heavy atom. The van der Waals surface area contributed by atoms with E-state index in [1.54, 1.807) is 0 Å². The number of pyridine rings is 1. The summed E-state index contributed by atoms with van der Waals surface area (Å²) in [6.45, 7) is 0.438. The molecule has 2 aromatic rings. The molecule has 1 fully saturated rings. The van der Waals surface area contributed by atoms with Crippen LogP contribution in [-0.4, -0.2) is 62.2 Å². The average molecular weight is 498 g/mol. The third kappa shape index (κ3) is 5.78. The Balaban J connectivity index is 1.66. The number of halogens is 2. The van der Waals surface area contributed by atoms with Crippen molar-refractivity contribution in [3.8, 4) is 5.75 Å². The number of nitrogens with zero attached hydrogens (tertiary/aromatic N) is 2. The van der Waals surface area contributed by atoms with Crippen LogP contribution in [0.1, 0.15) is 28.9 Å². The van der Waals surface area contributed by atoms with Gasteiger partial charge in [0, 0.05) is 44.1 Å². The fourth-order valence-electron chi connectivity index (χ4n) is 3.29. The zero-order valence-corrected chi connectivity index (χ0v) is 19.4. The maximum Gasteiger partial charge on any atom is 0.277 e. The second-order valence-electron chi connectivity index (χ2n) is 7.49. The minimum Gasteiger partial charge on any atom is -0.495 e. The lowest BCUT2D eigenvalue weighted by atomic mass is 10.1. The van der Waals surface area contributed by atoms with Crippen LogP contribution < -0.4 is 15.4 Å². The van der Waals surface area contributed by atoms with Crippen LogP contribution in [0.15, 0.2) is 30.5 Å². The van der Waals surface area contributed by atoms with Gasteiger partial charge in [0.25, 0.3) is 5.91 Å². The van der Waals surface area contributed by atoms with Crippen LogP contribution in [0.5, 0.6) is 5.75 Å². The second kappa shape index (κ2) is 10.7. The molecule has 0 bridgehead atoms. The molecule has 1 aromatic heterocycles. The van der Waals surface area contributed by atoms with Gasteiger partial charge in [0.2, 0.25) is 16.0 Å². The van der Waals surface area contributed by atoms with Crippen LogP contribution >= 0.6 is 0 Å². The number of hydrogen-bond donors (Lipinski definition) is 3. The normalized spacial score (nSPS) is 14.4. The van der Waals surface area contributed by atoms with Gasteiger partial charge in [-0.3, -0.25) is 10.2 Å². The van der Waals surface area contributed by atoms with E-state index >= 15 is 0 Å². The predicted molar refractivity (Wildman–Crippen MR) is 120 cm³/mol. The van der Waals surface area contributed by atoms with Crippen molar-refractivity contribution in [3.05, 3.63) is 53.4 Å². The zero-order chi connectivity index (χ0) is 24.9. The largest absolute Gasteiger partial charge is 0.495 e. The molecule has 3 rings (SSSR count). The molecule has 1 saturated heterocycles. The lowest BCUT2D eigenvalue weighted by Gasteiger charge is -2.28. The first kappa shape index (κ1) is 25.3. The van der Waals surface area contributed by atoms with E-state index in [4.69, 9.17) is 14.9 Å². The highest BCUT2D eigenvalue weighted by Crippen LogP contribution is 2.20. The summed E-state index contributed by atoms with van der Waals surface area (Å²) in [4.78, 5) is 16.1. The first-order valence-electron chi connectivity index (χ1n) is 10.3. The number of nitrogens with one attached hydrogen (secondary N) is 3. The molecule has 0 spiro atoms. The highest BCUT2D eigenvalue weighted by Gasteiger charge is 2.32. The topological polar surface area (TPSA) is 134 Å². The Hall–Kier alpha value is -3.32. The van der Waals surface area contributed by atoms with Crippen molar-refractivity contribution in [2.75, 3.05) is 32.7 Å². The van der Waals surface area contributed by atoms with Crippen molar-refractivity contribution >= 4 is 27.6 Å². The third-order valence-corrected chi connectivity index (χ3v) is 7.56. The molecule has 34 heavy (non-hydrogen) atoms. The van der Waals surface area contributed by atoms with E-state index < -0.39 is 44.5 Å². The summed E-state index contributed by atoms with van der Waals surface area (Å²) in [6, 6.07) is 4.68. The molecule has 10 nitrogen and oxygen atoms in total. The van der Waals surface area contributed by atoms with Gasteiger partial charge in [0.05, 0.1) is 18.6 Å². The van der Waals surface area contributed by atoms with E-state index in [1.807, 2.05) is 0 Å². The first-order chi connectivity index (χ1) is 16.1. The summed E-state index contributed by atoms with van der Waals surface area (Å²) >= 11 is 0. The van der Waals surface area contributed by atoms with Gasteiger partial charge in [-0.2, -0.15) is 0 Å². The smallest absolute Gasteiger partial charge is 0.277 e. The molecule has 2 heterocycles. The van der Waals surface area contributed by atoms with E-state index in [1.165, 1.54) is 32.5 Å². The Kier molecular flexibility index (Phi) is 7.99. The molecule has 184 valence electrons. The molecule has 0 unspecified atom stereocenters. The maximum absolute atomic E-state index is 14.3. The van der Waals surface area contributed by atoms with Gasteiger partial charge in [-0.15, -0.1) is 0 Å². The number of methoxy groups -OCH3 is 1. The SMILES string of the molecule is COc1cnc(C(=O)Nc2ccc(F)c(CNC(=N)N(C)S(=O)(=O)C3CCOCC3)c2)c(F)c1. The number of carbonyl (C=O) groups excluding carboxylic acids is 1. The molecule has 1 amide bonds. The zero-order valence-electron chi connectivity index (χ0n) is 18.6. The van der Waals surface area contributed by atoms with Crippen LogP contribution in [0, 0.1) is 17.0 Å². The molecule has 0 radical (unpaired) electrons. The van der Waals surface area contributed by atoms with E-state index in [0.29, 0.717) is 26.1 Å². The minimum absolute atomic E-state index is 0.0579. The molecule has 0 aliphatic carbocycles. The van der Waals surface area contributed by atoms with E-state index in [9.17, 15) is 22.0 Å². The van der Waals surface area contributed by atoms with E-state index in [0.717, 1.165) is 16.4 Å². The van der Waals surface area contributed by atoms with Crippen LogP contribution in [0.25, 0.3) is 0 Å². The molecule has 3 N–H and O–H groups in total. The number of anilines is 1. The number of sulfonamides is 1. The average Bonchev–Trinajstić information content (AvgIpc) is 2.83. The van der Waals surface area contributed by atoms with Crippen LogP contribution in [0.3, 0.4) is 0 Å². The quantitative estimate of drug-likeness (QED) is 0.394. The van der Waals surface area contributed by atoms with Crippen LogP contribution in [-0.2, 0) is 21.3 Å². The van der Waals surface area contributed by atoms with Gasteiger partial charge in [-0.25, -0.2) is 26.5 Å². The van der Waals surface area contributed by atoms with Gasteiger partial charge < -0.3 is 20.1 Å². The molecule has 1 aliphatic rings. The van der Waals surface area contributed by atoms with Gasteiger partial charge in [-0.1, -0.05) is 0 Å². The van der Waals surface area contributed by atoms with Crippen molar-refractivity contribution in [3.63, 3.8) is 0 Å². The van der Waals surface area contributed by atoms with Crippen LogP contribution in [0.2, 0.25) is 0 Å². The minimum atomic E-state index is -3.78. The van der Waals surface area contributed by atoms with E-state index in [2.05, 4.69) is 15.6 Å². The summed E-state index contributed by atoms with van der Waals surface area (Å²) in [6.07, 6.45) is 1.86. The highest BCUT2D eigenvalue weighted by atomic mass is 32.2. The number of benzene rings is 1. The van der Waals surface area contributed by atoms with Gasteiger partial charge in [0.15, 0.2) is 11.5 Å². The van der Waals surface area contributed by atoms with Crippen molar-refractivity contribution in [1.29, 1.82) is 5.41 Å². The Morgan fingerprint density at radius 2 is 1.97 bits per heavy atom. The predicted octanol–water partition coefficient (Wildman–Crippen LogP) is 2.09. The summed E-state index contributed by atoms with van der Waals surface area (Å²) in [7, 11) is -1.19. The first-order valence-corrected chi connectivity index (χ1v) is 11.8. The molecular formula is C21H25F2N5O5S. The number of hydrogen-bond acceptors (Lipinski definition) is 7. The summed E-state index contributed by atoms with van der Waals surface area (Å²) < 4.78 is 64.7. The maximum atomic E-state index is 14.3. The lowest BCUT2D eigenvalue weighted by Crippen LogP contribution is -2.46.